The summed E-state index contributed by atoms with van der Waals surface area (Å²) < 4.78 is 7.15. The molecular weight excluding hydrogens is 643 g/mol. The van der Waals surface area contributed by atoms with Gasteiger partial charge in [-0.05, 0) is 86.5 Å². The molecule has 1 aliphatic carbocycles. The third kappa shape index (κ3) is 5.02. The fourth-order valence-corrected chi connectivity index (χ4v) is 8.53. The zero-order chi connectivity index (χ0) is 35.5. The summed E-state index contributed by atoms with van der Waals surface area (Å²) in [6, 6.07) is 67.7. The summed E-state index contributed by atoms with van der Waals surface area (Å²) in [4.78, 5) is 2.43. The lowest BCUT2D eigenvalue weighted by Gasteiger charge is -2.30. The number of nitrogens with zero attached hydrogens (tertiary/aromatic N) is 1. The van der Waals surface area contributed by atoms with E-state index in [2.05, 4.69) is 207 Å². The van der Waals surface area contributed by atoms with Crippen LogP contribution in [0.25, 0.3) is 55.6 Å². The lowest BCUT2D eigenvalue weighted by Crippen LogP contribution is -2.17. The second-order valence-electron chi connectivity index (χ2n) is 14.5. The molecule has 53 heavy (non-hydrogen) atoms. The van der Waals surface area contributed by atoms with Crippen molar-refractivity contribution in [2.24, 2.45) is 0 Å². The van der Waals surface area contributed by atoms with Gasteiger partial charge < -0.3 is 9.64 Å². The van der Waals surface area contributed by atoms with Crippen molar-refractivity contribution in [2.45, 2.75) is 19.3 Å². The van der Waals surface area contributed by atoms with Gasteiger partial charge >= 0.3 is 0 Å². The highest BCUT2D eigenvalue weighted by Crippen LogP contribution is 2.56. The first kappa shape index (κ1) is 31.1. The molecule has 10 rings (SSSR count). The van der Waals surface area contributed by atoms with E-state index in [1.165, 1.54) is 33.4 Å². The number of para-hydroxylation sites is 1. The molecule has 0 bridgehead atoms. The van der Waals surface area contributed by atoms with Crippen LogP contribution in [0, 0.1) is 0 Å². The van der Waals surface area contributed by atoms with E-state index in [1.807, 2.05) is 0 Å². The predicted octanol–water partition coefficient (Wildman–Crippen LogP) is 14.2. The number of benzene rings is 8. The molecule has 0 spiro atoms. The second kappa shape index (κ2) is 12.3. The SMILES string of the molecule is CC1(C)c2ccccc2-c2ccc(N(c3cccc(-c4ccccc4)c3)c3cccc4c3-c3ccccc3-c3cccc(-c5ccccc5)c3O4)cc21. The number of ether oxygens (including phenoxy) is 1. The molecule has 0 unspecified atom stereocenters. The fraction of sp³-hybridized carbons (Fsp3) is 0.0588. The molecule has 0 amide bonds. The van der Waals surface area contributed by atoms with E-state index in [4.69, 9.17) is 4.74 Å². The van der Waals surface area contributed by atoms with Crippen molar-refractivity contribution in [3.05, 3.63) is 199 Å². The monoisotopic (exact) mass is 679 g/mol. The van der Waals surface area contributed by atoms with E-state index in [0.717, 1.165) is 61.9 Å². The largest absolute Gasteiger partial charge is 0.455 e. The molecule has 1 heterocycles. The second-order valence-corrected chi connectivity index (χ2v) is 14.5. The van der Waals surface area contributed by atoms with Crippen molar-refractivity contribution in [3.8, 4) is 67.1 Å². The average molecular weight is 680 g/mol. The highest BCUT2D eigenvalue weighted by molar-refractivity contribution is 6.01. The van der Waals surface area contributed by atoms with Gasteiger partial charge in [0.1, 0.15) is 11.5 Å². The highest BCUT2D eigenvalue weighted by Gasteiger charge is 2.36. The van der Waals surface area contributed by atoms with Crippen molar-refractivity contribution < 1.29 is 4.74 Å². The summed E-state index contributed by atoms with van der Waals surface area (Å²) in [5, 5.41) is 0. The maximum atomic E-state index is 7.15. The average Bonchev–Trinajstić information content (AvgIpc) is 3.33. The van der Waals surface area contributed by atoms with Crippen molar-refractivity contribution in [1.29, 1.82) is 0 Å². The Morgan fingerprint density at radius 1 is 0.396 bits per heavy atom. The van der Waals surface area contributed by atoms with Crippen LogP contribution >= 0.6 is 0 Å². The smallest absolute Gasteiger partial charge is 0.143 e. The molecule has 0 saturated carbocycles. The Bertz CT molecular complexity index is 2670. The summed E-state index contributed by atoms with van der Waals surface area (Å²) in [6.07, 6.45) is 0. The normalized spacial score (nSPS) is 13.0. The van der Waals surface area contributed by atoms with Crippen LogP contribution in [-0.2, 0) is 5.41 Å². The molecule has 0 radical (unpaired) electrons. The predicted molar refractivity (Wildman–Crippen MR) is 221 cm³/mol. The molecule has 0 aromatic heterocycles. The van der Waals surface area contributed by atoms with Crippen molar-refractivity contribution in [3.63, 3.8) is 0 Å². The third-order valence-corrected chi connectivity index (χ3v) is 11.1. The summed E-state index contributed by atoms with van der Waals surface area (Å²) in [6.45, 7) is 4.70. The van der Waals surface area contributed by atoms with Crippen LogP contribution in [0.1, 0.15) is 25.0 Å². The molecule has 0 fully saturated rings. The van der Waals surface area contributed by atoms with Gasteiger partial charge in [0.05, 0.1) is 5.69 Å². The van der Waals surface area contributed by atoms with E-state index < -0.39 is 0 Å². The van der Waals surface area contributed by atoms with Gasteiger partial charge in [0.15, 0.2) is 0 Å². The van der Waals surface area contributed by atoms with Gasteiger partial charge in [0.2, 0.25) is 0 Å². The molecule has 2 aliphatic rings. The summed E-state index contributed by atoms with van der Waals surface area (Å²) in [5.41, 5.74) is 17.4. The number of fused-ring (bicyclic) bond motifs is 8. The zero-order valence-electron chi connectivity index (χ0n) is 29.8. The Morgan fingerprint density at radius 3 is 1.79 bits per heavy atom. The van der Waals surface area contributed by atoms with Gasteiger partial charge in [0, 0.05) is 33.5 Å². The minimum atomic E-state index is -0.141. The van der Waals surface area contributed by atoms with Crippen molar-refractivity contribution >= 4 is 17.1 Å². The summed E-state index contributed by atoms with van der Waals surface area (Å²) in [5.74, 6) is 1.70. The zero-order valence-corrected chi connectivity index (χ0v) is 29.8. The molecule has 0 saturated heterocycles. The quantitative estimate of drug-likeness (QED) is 0.180. The lowest BCUT2D eigenvalue weighted by atomic mass is 9.82. The number of hydrogen-bond acceptors (Lipinski definition) is 2. The van der Waals surface area contributed by atoms with Gasteiger partial charge in [-0.2, -0.15) is 0 Å². The van der Waals surface area contributed by atoms with E-state index in [9.17, 15) is 0 Å². The van der Waals surface area contributed by atoms with E-state index >= 15 is 0 Å². The summed E-state index contributed by atoms with van der Waals surface area (Å²) in [7, 11) is 0. The van der Waals surface area contributed by atoms with Gasteiger partial charge in [-0.1, -0.05) is 166 Å². The van der Waals surface area contributed by atoms with Crippen LogP contribution in [0.2, 0.25) is 0 Å². The molecule has 8 aromatic rings. The number of anilines is 3. The third-order valence-electron chi connectivity index (χ3n) is 11.1. The van der Waals surface area contributed by atoms with Crippen molar-refractivity contribution in [1.82, 2.24) is 0 Å². The van der Waals surface area contributed by atoms with Crippen LogP contribution < -0.4 is 9.64 Å². The van der Waals surface area contributed by atoms with Crippen LogP contribution in [0.4, 0.5) is 17.1 Å². The first-order valence-corrected chi connectivity index (χ1v) is 18.4. The molecule has 0 N–H and O–H groups in total. The first-order valence-electron chi connectivity index (χ1n) is 18.4. The summed E-state index contributed by atoms with van der Waals surface area (Å²) >= 11 is 0. The lowest BCUT2D eigenvalue weighted by molar-refractivity contribution is 0.489. The Morgan fingerprint density at radius 2 is 0.981 bits per heavy atom. The van der Waals surface area contributed by atoms with Crippen molar-refractivity contribution in [2.75, 3.05) is 4.90 Å². The molecule has 2 nitrogen and oxygen atoms in total. The Hall–Kier alpha value is -6.64. The Balaban J connectivity index is 1.23. The van der Waals surface area contributed by atoms with Gasteiger partial charge in [-0.15, -0.1) is 0 Å². The van der Waals surface area contributed by atoms with Crippen LogP contribution in [0.15, 0.2) is 188 Å². The van der Waals surface area contributed by atoms with Crippen LogP contribution in [0.5, 0.6) is 11.5 Å². The van der Waals surface area contributed by atoms with Gasteiger partial charge in [-0.3, -0.25) is 0 Å². The molecule has 252 valence electrons. The van der Waals surface area contributed by atoms with E-state index in [-0.39, 0.29) is 5.41 Å². The molecule has 1 aliphatic heterocycles. The topological polar surface area (TPSA) is 12.5 Å². The minimum Gasteiger partial charge on any atom is -0.455 e. The molecule has 0 atom stereocenters. The number of rotatable bonds is 5. The van der Waals surface area contributed by atoms with Gasteiger partial charge in [0.25, 0.3) is 0 Å². The van der Waals surface area contributed by atoms with E-state index in [0.29, 0.717) is 0 Å². The molecule has 8 aromatic carbocycles. The standard InChI is InChI=1S/C51H37NO/c1-51(2)45-27-12-11-23-41(45)42-31-30-38(33-46(42)51)52(37-21-13-20-36(32-37)34-16-5-3-6-17-34)47-28-15-29-48-49(47)43-24-10-9-22-40(43)44-26-14-25-39(50(44)53-48)35-18-7-4-8-19-35/h3-33H,1-2H3. The fourth-order valence-electron chi connectivity index (χ4n) is 8.53. The maximum Gasteiger partial charge on any atom is 0.143 e. The molecule has 2 heteroatoms. The Labute approximate surface area is 311 Å². The van der Waals surface area contributed by atoms with Gasteiger partial charge in [-0.25, -0.2) is 0 Å². The Kier molecular flexibility index (Phi) is 7.19. The molecular formula is C51H37NO. The first-order chi connectivity index (χ1) is 26.1. The maximum absolute atomic E-state index is 7.15. The van der Waals surface area contributed by atoms with E-state index in [1.54, 1.807) is 0 Å². The van der Waals surface area contributed by atoms with Crippen LogP contribution in [-0.4, -0.2) is 0 Å². The highest BCUT2D eigenvalue weighted by atomic mass is 16.5. The minimum absolute atomic E-state index is 0.141. The van der Waals surface area contributed by atoms with Crippen LogP contribution in [0.3, 0.4) is 0 Å². The number of hydrogen-bond donors (Lipinski definition) is 0.